The Kier molecular flexibility index (Phi) is 9.92. The van der Waals surface area contributed by atoms with Crippen LogP contribution in [0.15, 0.2) is 69.5 Å². The van der Waals surface area contributed by atoms with Gasteiger partial charge in [0.15, 0.2) is 0 Å². The normalized spacial score (nSPS) is 13.6. The van der Waals surface area contributed by atoms with Gasteiger partial charge in [-0.3, -0.25) is 5.41 Å². The van der Waals surface area contributed by atoms with Crippen LogP contribution in [0.25, 0.3) is 5.57 Å². The maximum absolute atomic E-state index is 11.6. The molecule has 0 spiro atoms. The van der Waals surface area contributed by atoms with Crippen LogP contribution < -0.4 is 76.0 Å². The SMILES string of the molecule is CC1=CC(=C(c2ccc(N)c(S(=O)(=O)[O-])c2)c2ccc(N)c(S(=O)(=O)[O-])c2)C=[C-]C1=[NH2+].[Na+].[Na+]. The predicted molar refractivity (Wildman–Crippen MR) is 112 cm³/mol. The van der Waals surface area contributed by atoms with Gasteiger partial charge in [-0.25, -0.2) is 16.8 Å². The van der Waals surface area contributed by atoms with E-state index < -0.39 is 30.0 Å². The summed E-state index contributed by atoms with van der Waals surface area (Å²) in [6.07, 6.45) is 6.03. The van der Waals surface area contributed by atoms with Gasteiger partial charge < -0.3 is 20.6 Å². The Balaban J connectivity index is 0.00000272. The summed E-state index contributed by atoms with van der Waals surface area (Å²) in [4.78, 5) is -1.27. The number of nitrogen functional groups attached to an aromatic ring is 2. The van der Waals surface area contributed by atoms with Crippen molar-refractivity contribution in [3.05, 3.63) is 76.9 Å². The number of nitrogens with two attached hydrogens (primary N) is 3. The van der Waals surface area contributed by atoms with E-state index in [4.69, 9.17) is 16.9 Å². The minimum Gasteiger partial charge on any atom is -0.744 e. The molecule has 13 heteroatoms. The van der Waals surface area contributed by atoms with Crippen molar-refractivity contribution in [1.82, 2.24) is 0 Å². The minimum atomic E-state index is -4.89. The number of anilines is 2. The summed E-state index contributed by atoms with van der Waals surface area (Å²) in [5.74, 6) is 0. The predicted octanol–water partition coefficient (Wildman–Crippen LogP) is -6.01. The number of rotatable bonds is 4. The summed E-state index contributed by atoms with van der Waals surface area (Å²) in [5, 5.41) is 5.83. The van der Waals surface area contributed by atoms with Crippen LogP contribution >= 0.6 is 0 Å². The second-order valence-electron chi connectivity index (χ2n) is 6.77. The Labute approximate surface area is 236 Å². The molecule has 0 bridgehead atoms. The molecule has 0 aliphatic heterocycles. The summed E-state index contributed by atoms with van der Waals surface area (Å²) in [5.41, 5.74) is 13.1. The number of hydrogen-bond acceptors (Lipinski definition) is 8. The molecule has 3 rings (SSSR count). The van der Waals surface area contributed by atoms with Gasteiger partial charge in [-0.05, 0) is 35.4 Å². The fourth-order valence-corrected chi connectivity index (χ4v) is 4.34. The largest absolute Gasteiger partial charge is 1.00 e. The third-order valence-electron chi connectivity index (χ3n) is 4.61. The summed E-state index contributed by atoms with van der Waals surface area (Å²) < 4.78 is 69.8. The van der Waals surface area contributed by atoms with E-state index >= 15 is 0 Å². The Bertz CT molecular complexity index is 1350. The fraction of sp³-hybridized carbons (Fsp3) is 0.0500. The van der Waals surface area contributed by atoms with Crippen LogP contribution in [0.5, 0.6) is 0 Å². The molecule has 0 saturated heterocycles. The van der Waals surface area contributed by atoms with E-state index in [1.807, 2.05) is 0 Å². The molecule has 33 heavy (non-hydrogen) atoms. The first-order chi connectivity index (χ1) is 14.3. The molecule has 6 N–H and O–H groups in total. The van der Waals surface area contributed by atoms with Crippen molar-refractivity contribution in [2.24, 2.45) is 0 Å². The van der Waals surface area contributed by atoms with Gasteiger partial charge in [-0.2, -0.15) is 12.2 Å². The Hall–Kier alpha value is -1.25. The summed E-state index contributed by atoms with van der Waals surface area (Å²) in [7, 11) is -9.78. The van der Waals surface area contributed by atoms with Gasteiger partial charge in [-0.15, -0.1) is 11.6 Å². The molecule has 0 unspecified atom stereocenters. The molecular formula is C20H17N3Na2O6S2. The average Bonchev–Trinajstić information content (AvgIpc) is 2.65. The van der Waals surface area contributed by atoms with Gasteiger partial charge in [0.05, 0.1) is 15.5 Å². The van der Waals surface area contributed by atoms with Crippen LogP contribution in [-0.4, -0.2) is 31.7 Å². The number of allylic oxidation sites excluding steroid dienone is 5. The smallest absolute Gasteiger partial charge is 0.744 e. The summed E-state index contributed by atoms with van der Waals surface area (Å²) in [6.45, 7) is 1.72. The van der Waals surface area contributed by atoms with E-state index in [0.717, 1.165) is 12.1 Å². The second kappa shape index (κ2) is 11.0. The Morgan fingerprint density at radius 3 is 1.67 bits per heavy atom. The molecular weight excluding hydrogens is 488 g/mol. The van der Waals surface area contributed by atoms with E-state index in [1.165, 1.54) is 30.3 Å². The van der Waals surface area contributed by atoms with Gasteiger partial charge in [0.2, 0.25) is 0 Å². The third kappa shape index (κ3) is 6.67. The van der Waals surface area contributed by atoms with Crippen LogP contribution in [0.2, 0.25) is 0 Å². The maximum atomic E-state index is 11.6. The molecule has 1 aliphatic carbocycles. The van der Waals surface area contributed by atoms with Crippen molar-refractivity contribution in [1.29, 1.82) is 0 Å². The van der Waals surface area contributed by atoms with Crippen molar-refractivity contribution in [2.45, 2.75) is 16.7 Å². The summed E-state index contributed by atoms with van der Waals surface area (Å²) >= 11 is 0. The monoisotopic (exact) mass is 505 g/mol. The van der Waals surface area contributed by atoms with E-state index in [-0.39, 0.29) is 81.6 Å². The molecule has 0 saturated carbocycles. The zero-order valence-corrected chi connectivity index (χ0v) is 23.7. The van der Waals surface area contributed by atoms with Crippen LogP contribution in [0.1, 0.15) is 18.1 Å². The third-order valence-corrected chi connectivity index (χ3v) is 6.40. The molecule has 0 heterocycles. The van der Waals surface area contributed by atoms with Crippen LogP contribution in [-0.2, 0) is 20.2 Å². The zero-order valence-electron chi connectivity index (χ0n) is 18.1. The first-order valence-corrected chi connectivity index (χ1v) is 11.5. The standard InChI is InChI=1S/C20H18N3O6S2.2Na/c1-11-8-12(2-5-15(11)21)20(13-3-6-16(22)18(9-13)30(24,25)26)14-4-7-17(23)19(10-14)31(27,28)29;;/h2-4,6-10,21H,22-23H2,1H3,(H,24,25,26)(H,27,28,29);;/q-1;2*+1/p-1. The quantitative estimate of drug-likeness (QED) is 0.158. The first-order valence-electron chi connectivity index (χ1n) is 8.66. The van der Waals surface area contributed by atoms with Crippen molar-refractivity contribution < 1.29 is 90.5 Å². The van der Waals surface area contributed by atoms with Crippen LogP contribution in [0.3, 0.4) is 0 Å². The Morgan fingerprint density at radius 2 is 1.30 bits per heavy atom. The van der Waals surface area contributed by atoms with Crippen molar-refractivity contribution in [2.75, 3.05) is 11.5 Å². The van der Waals surface area contributed by atoms with Crippen LogP contribution in [0, 0.1) is 6.08 Å². The number of hydrogen-bond donors (Lipinski definition) is 3. The van der Waals surface area contributed by atoms with Gasteiger partial charge in [0.25, 0.3) is 0 Å². The van der Waals surface area contributed by atoms with E-state index in [0.29, 0.717) is 22.4 Å². The molecule has 0 fully saturated rings. The van der Waals surface area contributed by atoms with E-state index in [9.17, 15) is 25.9 Å². The molecule has 2 aromatic rings. The molecule has 0 aromatic heterocycles. The topological polar surface area (TPSA) is 192 Å². The molecule has 162 valence electrons. The summed E-state index contributed by atoms with van der Waals surface area (Å²) in [6, 6.07) is 7.59. The van der Waals surface area contributed by atoms with Crippen molar-refractivity contribution in [3.63, 3.8) is 0 Å². The molecule has 0 radical (unpaired) electrons. The maximum Gasteiger partial charge on any atom is 1.00 e. The molecule has 2 aromatic carbocycles. The van der Waals surface area contributed by atoms with Gasteiger partial charge >= 0.3 is 59.1 Å². The van der Waals surface area contributed by atoms with E-state index in [2.05, 4.69) is 6.08 Å². The second-order valence-corrected chi connectivity index (χ2v) is 9.47. The van der Waals surface area contributed by atoms with Gasteiger partial charge in [-0.1, -0.05) is 30.2 Å². The minimum absolute atomic E-state index is 0. The van der Waals surface area contributed by atoms with E-state index in [1.54, 1.807) is 13.0 Å². The van der Waals surface area contributed by atoms with Gasteiger partial charge in [0, 0.05) is 11.4 Å². The zero-order chi connectivity index (χ0) is 23.1. The Morgan fingerprint density at radius 1 is 0.879 bits per heavy atom. The van der Waals surface area contributed by atoms with Crippen molar-refractivity contribution in [3.8, 4) is 0 Å². The average molecular weight is 505 g/mol. The molecule has 1 aliphatic rings. The van der Waals surface area contributed by atoms with Gasteiger partial charge in [0.1, 0.15) is 20.2 Å². The molecule has 0 atom stereocenters. The first kappa shape index (κ1) is 29.8. The fourth-order valence-electron chi connectivity index (χ4n) is 3.08. The molecule has 0 amide bonds. The number of benzene rings is 2. The van der Waals surface area contributed by atoms with Crippen molar-refractivity contribution >= 4 is 42.9 Å². The van der Waals surface area contributed by atoms with Crippen LogP contribution in [0.4, 0.5) is 11.4 Å². The molecule has 9 nitrogen and oxygen atoms in total.